The Bertz CT molecular complexity index is 685. The van der Waals surface area contributed by atoms with Gasteiger partial charge in [0.05, 0.1) is 11.2 Å². The highest BCUT2D eigenvalue weighted by Crippen LogP contribution is 2.36. The fourth-order valence-corrected chi connectivity index (χ4v) is 2.26. The van der Waals surface area contributed by atoms with Crippen LogP contribution in [0.5, 0.6) is 11.8 Å². The minimum Gasteiger partial charge on any atom is -0.424 e. The first-order chi connectivity index (χ1) is 10.8. The van der Waals surface area contributed by atoms with Crippen molar-refractivity contribution in [3.8, 4) is 11.8 Å². The Balaban J connectivity index is 1.73. The van der Waals surface area contributed by atoms with Crippen LogP contribution in [-0.4, -0.2) is 28.3 Å². The van der Waals surface area contributed by atoms with Crippen molar-refractivity contribution < 1.29 is 14.0 Å². The summed E-state index contributed by atoms with van der Waals surface area (Å²) in [7, 11) is -0.465. The van der Waals surface area contributed by atoms with Gasteiger partial charge in [0.1, 0.15) is 5.75 Å². The molecule has 0 amide bonds. The predicted molar refractivity (Wildman–Crippen MR) is 89.0 cm³/mol. The molecule has 0 bridgehead atoms. The Morgan fingerprint density at radius 2 is 1.61 bits per heavy atom. The maximum Gasteiger partial charge on any atom is 0.498 e. The molecule has 0 saturated carbocycles. The fraction of sp³-hybridized carbons (Fsp3) is 0.412. The molecule has 5 nitrogen and oxygen atoms in total. The van der Waals surface area contributed by atoms with Gasteiger partial charge in [0.15, 0.2) is 0 Å². The summed E-state index contributed by atoms with van der Waals surface area (Å²) >= 11 is 0. The van der Waals surface area contributed by atoms with E-state index in [0.29, 0.717) is 11.8 Å². The standard InChI is InChI=1S/C17H21BN2O3/c1-12-7-6-8-14(9-12)21-15-19-10-13(11-20-15)18-22-16(2,3)17(4,5)23-18/h6-11H,1-5H3. The lowest BCUT2D eigenvalue weighted by Crippen LogP contribution is -2.41. The largest absolute Gasteiger partial charge is 0.498 e. The summed E-state index contributed by atoms with van der Waals surface area (Å²) in [4.78, 5) is 8.50. The minimum atomic E-state index is -0.465. The van der Waals surface area contributed by atoms with Crippen LogP contribution in [0.3, 0.4) is 0 Å². The summed E-state index contributed by atoms with van der Waals surface area (Å²) in [6.07, 6.45) is 3.36. The quantitative estimate of drug-likeness (QED) is 0.816. The molecule has 0 unspecified atom stereocenters. The van der Waals surface area contributed by atoms with Crippen LogP contribution in [0.15, 0.2) is 36.7 Å². The van der Waals surface area contributed by atoms with Crippen molar-refractivity contribution >= 4 is 12.6 Å². The maximum atomic E-state index is 5.98. The first-order valence-electron chi connectivity index (χ1n) is 7.69. The lowest BCUT2D eigenvalue weighted by molar-refractivity contribution is 0.00578. The minimum absolute atomic E-state index is 0.302. The molecule has 3 rings (SSSR count). The van der Waals surface area contributed by atoms with E-state index in [1.54, 1.807) is 12.4 Å². The highest BCUT2D eigenvalue weighted by molar-refractivity contribution is 6.61. The summed E-state index contributed by atoms with van der Waals surface area (Å²) in [5.74, 6) is 0.716. The highest BCUT2D eigenvalue weighted by Gasteiger charge is 2.51. The van der Waals surface area contributed by atoms with Crippen LogP contribution in [0.25, 0.3) is 0 Å². The molecule has 1 saturated heterocycles. The first-order valence-corrected chi connectivity index (χ1v) is 7.69. The SMILES string of the molecule is Cc1cccc(Oc2ncc(B3OC(C)(C)C(C)(C)O3)cn2)c1. The van der Waals surface area contributed by atoms with Crippen LogP contribution in [0.4, 0.5) is 0 Å². The molecule has 0 N–H and O–H groups in total. The van der Waals surface area contributed by atoms with E-state index < -0.39 is 7.12 Å². The summed E-state index contributed by atoms with van der Waals surface area (Å²) in [6.45, 7) is 10.1. The molecule has 2 aromatic rings. The van der Waals surface area contributed by atoms with Crippen LogP contribution < -0.4 is 10.2 Å². The number of aromatic nitrogens is 2. The van der Waals surface area contributed by atoms with Crippen LogP contribution in [0.2, 0.25) is 0 Å². The molecular weight excluding hydrogens is 291 g/mol. The Morgan fingerprint density at radius 1 is 1.00 bits per heavy atom. The number of ether oxygens (including phenoxy) is 1. The molecule has 120 valence electrons. The highest BCUT2D eigenvalue weighted by atomic mass is 16.7. The second-order valence-electron chi connectivity index (χ2n) is 6.81. The first kappa shape index (κ1) is 16.0. The third-order valence-electron chi connectivity index (χ3n) is 4.37. The predicted octanol–water partition coefficient (Wildman–Crippen LogP) is 2.88. The lowest BCUT2D eigenvalue weighted by Gasteiger charge is -2.32. The number of hydrogen-bond donors (Lipinski definition) is 0. The van der Waals surface area contributed by atoms with E-state index in [4.69, 9.17) is 14.0 Å². The molecule has 1 fully saturated rings. The van der Waals surface area contributed by atoms with Crippen molar-refractivity contribution in [1.82, 2.24) is 9.97 Å². The van der Waals surface area contributed by atoms with Crippen molar-refractivity contribution in [3.05, 3.63) is 42.2 Å². The topological polar surface area (TPSA) is 53.5 Å². The van der Waals surface area contributed by atoms with Gasteiger partial charge in [-0.25, -0.2) is 9.97 Å². The molecule has 1 aliphatic heterocycles. The van der Waals surface area contributed by atoms with Crippen LogP contribution in [0.1, 0.15) is 33.3 Å². The van der Waals surface area contributed by atoms with Gasteiger partial charge in [0.25, 0.3) is 0 Å². The van der Waals surface area contributed by atoms with Gasteiger partial charge in [-0.1, -0.05) is 12.1 Å². The summed E-state index contributed by atoms with van der Waals surface area (Å²) in [5.41, 5.74) is 1.14. The maximum absolute atomic E-state index is 5.98. The van der Waals surface area contributed by atoms with Gasteiger partial charge in [0.2, 0.25) is 0 Å². The fourth-order valence-electron chi connectivity index (χ4n) is 2.26. The van der Waals surface area contributed by atoms with Gasteiger partial charge < -0.3 is 14.0 Å². The van der Waals surface area contributed by atoms with E-state index in [2.05, 4.69) is 9.97 Å². The second-order valence-corrected chi connectivity index (χ2v) is 6.81. The Morgan fingerprint density at radius 3 is 2.17 bits per heavy atom. The van der Waals surface area contributed by atoms with Crippen molar-refractivity contribution in [3.63, 3.8) is 0 Å². The molecule has 0 aliphatic carbocycles. The van der Waals surface area contributed by atoms with Gasteiger partial charge in [-0.15, -0.1) is 0 Å². The molecule has 6 heteroatoms. The van der Waals surface area contributed by atoms with Gasteiger partial charge in [-0.2, -0.15) is 0 Å². The Labute approximate surface area is 137 Å². The van der Waals surface area contributed by atoms with Crippen molar-refractivity contribution in [2.45, 2.75) is 45.8 Å². The van der Waals surface area contributed by atoms with E-state index in [1.165, 1.54) is 0 Å². The smallest absolute Gasteiger partial charge is 0.424 e. The molecular formula is C17H21BN2O3. The number of benzene rings is 1. The van der Waals surface area contributed by atoms with Gasteiger partial charge in [0, 0.05) is 17.9 Å². The second kappa shape index (κ2) is 5.62. The monoisotopic (exact) mass is 312 g/mol. The number of hydrogen-bond acceptors (Lipinski definition) is 5. The summed E-state index contributed by atoms with van der Waals surface area (Å²) < 4.78 is 17.6. The van der Waals surface area contributed by atoms with E-state index in [-0.39, 0.29) is 11.2 Å². The van der Waals surface area contributed by atoms with Crippen LogP contribution in [-0.2, 0) is 9.31 Å². The average molecular weight is 312 g/mol. The van der Waals surface area contributed by atoms with E-state index in [0.717, 1.165) is 11.0 Å². The molecule has 23 heavy (non-hydrogen) atoms. The summed E-state index contributed by atoms with van der Waals surface area (Å²) in [6, 6.07) is 8.05. The van der Waals surface area contributed by atoms with Crippen molar-refractivity contribution in [2.75, 3.05) is 0 Å². The summed E-state index contributed by atoms with van der Waals surface area (Å²) in [5, 5.41) is 0. The number of rotatable bonds is 3. The van der Waals surface area contributed by atoms with Crippen molar-refractivity contribution in [1.29, 1.82) is 0 Å². The Kier molecular flexibility index (Phi) is 3.90. The van der Waals surface area contributed by atoms with Crippen LogP contribution in [0, 0.1) is 6.92 Å². The third-order valence-corrected chi connectivity index (χ3v) is 4.37. The van der Waals surface area contributed by atoms with Crippen LogP contribution >= 0.6 is 0 Å². The van der Waals surface area contributed by atoms with E-state index >= 15 is 0 Å². The average Bonchev–Trinajstić information content (AvgIpc) is 2.68. The number of aryl methyl sites for hydroxylation is 1. The lowest BCUT2D eigenvalue weighted by atomic mass is 9.81. The molecule has 0 atom stereocenters. The van der Waals surface area contributed by atoms with E-state index in [9.17, 15) is 0 Å². The van der Waals surface area contributed by atoms with E-state index in [1.807, 2.05) is 58.9 Å². The number of nitrogens with zero attached hydrogens (tertiary/aromatic N) is 2. The van der Waals surface area contributed by atoms with Crippen molar-refractivity contribution in [2.24, 2.45) is 0 Å². The van der Waals surface area contributed by atoms with Gasteiger partial charge >= 0.3 is 13.1 Å². The molecule has 1 aromatic heterocycles. The molecule has 1 aliphatic rings. The zero-order valence-corrected chi connectivity index (χ0v) is 14.2. The zero-order chi connectivity index (χ0) is 16.7. The Hall–Kier alpha value is -1.92. The molecule has 0 spiro atoms. The van der Waals surface area contributed by atoms with Gasteiger partial charge in [-0.3, -0.25) is 0 Å². The normalized spacial score (nSPS) is 18.9. The molecule has 1 aromatic carbocycles. The third kappa shape index (κ3) is 3.23. The zero-order valence-electron chi connectivity index (χ0n) is 14.2. The molecule has 2 heterocycles. The van der Waals surface area contributed by atoms with Gasteiger partial charge in [-0.05, 0) is 52.3 Å². The molecule has 0 radical (unpaired) electrons.